The lowest BCUT2D eigenvalue weighted by Crippen LogP contribution is -2.03. The molecule has 0 atom stereocenters. The Morgan fingerprint density at radius 3 is 1.83 bits per heavy atom. The van der Waals surface area contributed by atoms with Gasteiger partial charge in [0.2, 0.25) is 0 Å². The van der Waals surface area contributed by atoms with Gasteiger partial charge in [-0.2, -0.15) is 0 Å². The molecule has 0 aromatic heterocycles. The third kappa shape index (κ3) is 6.60. The molecule has 5 heteroatoms. The molecule has 0 radical (unpaired) electrons. The van der Waals surface area contributed by atoms with E-state index in [4.69, 9.17) is 18.9 Å². The Hall–Kier alpha value is -3.86. The van der Waals surface area contributed by atoms with Gasteiger partial charge in [0.05, 0.1) is 19.8 Å². The molecule has 0 saturated heterocycles. The Kier molecular flexibility index (Phi) is 8.85. The fraction of sp³-hybridized carbons (Fsp3) is 0.267. The molecule has 3 aromatic rings. The average molecular weight is 475 g/mol. The molecule has 35 heavy (non-hydrogen) atoms. The highest BCUT2D eigenvalue weighted by atomic mass is 16.5. The van der Waals surface area contributed by atoms with Gasteiger partial charge in [-0.15, -0.1) is 0 Å². The first-order valence-electron chi connectivity index (χ1n) is 11.5. The van der Waals surface area contributed by atoms with Crippen molar-refractivity contribution >= 4 is 0 Å². The van der Waals surface area contributed by atoms with Gasteiger partial charge in [-0.3, -0.25) is 0 Å². The molecule has 0 bridgehead atoms. The number of benzene rings is 3. The maximum atomic E-state index is 9.79. The van der Waals surface area contributed by atoms with E-state index in [1.165, 1.54) is 5.57 Å². The fourth-order valence-electron chi connectivity index (χ4n) is 3.56. The monoisotopic (exact) mass is 474 g/mol. The van der Waals surface area contributed by atoms with Crippen LogP contribution in [0.5, 0.6) is 28.7 Å². The summed E-state index contributed by atoms with van der Waals surface area (Å²) in [5, 5.41) is 9.79. The van der Waals surface area contributed by atoms with Gasteiger partial charge in [0.25, 0.3) is 0 Å². The van der Waals surface area contributed by atoms with Gasteiger partial charge in [0.15, 0.2) is 11.5 Å². The Balaban J connectivity index is 2.12. The van der Waals surface area contributed by atoms with E-state index in [-0.39, 0.29) is 5.75 Å². The summed E-state index contributed by atoms with van der Waals surface area (Å²) in [7, 11) is 3.27. The van der Waals surface area contributed by atoms with Crippen LogP contribution < -0.4 is 18.9 Å². The van der Waals surface area contributed by atoms with Crippen LogP contribution in [0.3, 0.4) is 0 Å². The molecule has 5 nitrogen and oxygen atoms in total. The Labute approximate surface area is 208 Å². The largest absolute Gasteiger partial charge is 0.508 e. The van der Waals surface area contributed by atoms with Crippen LogP contribution in [0.2, 0.25) is 0 Å². The number of hydrogen-bond donors (Lipinski definition) is 1. The SMILES string of the molecule is COc1cc(-c2ccc(OCC=C(C)C)cc2)c(OC)c(OCC=C(C)C)c1-c1ccc(O)cc1. The second-order valence-corrected chi connectivity index (χ2v) is 8.62. The van der Waals surface area contributed by atoms with Crippen LogP contribution in [0.15, 0.2) is 77.9 Å². The van der Waals surface area contributed by atoms with Crippen molar-refractivity contribution < 1.29 is 24.1 Å². The highest BCUT2D eigenvalue weighted by Crippen LogP contribution is 2.50. The number of methoxy groups -OCH3 is 2. The minimum Gasteiger partial charge on any atom is -0.508 e. The highest BCUT2D eigenvalue weighted by Gasteiger charge is 2.23. The molecule has 1 N–H and O–H groups in total. The number of rotatable bonds is 10. The van der Waals surface area contributed by atoms with Gasteiger partial charge >= 0.3 is 0 Å². The van der Waals surface area contributed by atoms with Gasteiger partial charge in [0, 0.05) is 5.56 Å². The van der Waals surface area contributed by atoms with Crippen molar-refractivity contribution in [2.45, 2.75) is 27.7 Å². The summed E-state index contributed by atoms with van der Waals surface area (Å²) < 4.78 is 23.8. The number of phenols is 1. The van der Waals surface area contributed by atoms with E-state index in [1.54, 1.807) is 26.4 Å². The first-order chi connectivity index (χ1) is 16.8. The van der Waals surface area contributed by atoms with E-state index in [0.717, 1.165) is 33.6 Å². The van der Waals surface area contributed by atoms with Crippen LogP contribution in [0.1, 0.15) is 27.7 Å². The van der Waals surface area contributed by atoms with Crippen LogP contribution in [-0.4, -0.2) is 32.5 Å². The maximum absolute atomic E-state index is 9.79. The summed E-state index contributed by atoms with van der Waals surface area (Å²) in [4.78, 5) is 0. The van der Waals surface area contributed by atoms with Crippen molar-refractivity contribution in [3.63, 3.8) is 0 Å². The molecule has 0 aliphatic heterocycles. The zero-order chi connectivity index (χ0) is 25.4. The topological polar surface area (TPSA) is 57.2 Å². The molecule has 0 heterocycles. The van der Waals surface area contributed by atoms with Crippen molar-refractivity contribution in [2.75, 3.05) is 27.4 Å². The zero-order valence-electron chi connectivity index (χ0n) is 21.3. The highest BCUT2D eigenvalue weighted by molar-refractivity contribution is 5.88. The molecule has 3 rings (SSSR count). The van der Waals surface area contributed by atoms with Crippen LogP contribution in [0.25, 0.3) is 22.3 Å². The molecule has 0 amide bonds. The fourth-order valence-corrected chi connectivity index (χ4v) is 3.56. The summed E-state index contributed by atoms with van der Waals surface area (Å²) in [5.41, 5.74) is 5.76. The van der Waals surface area contributed by atoms with Crippen molar-refractivity contribution in [1.82, 2.24) is 0 Å². The predicted molar refractivity (Wildman–Crippen MR) is 142 cm³/mol. The lowest BCUT2D eigenvalue weighted by molar-refractivity contribution is 0.324. The van der Waals surface area contributed by atoms with Crippen LogP contribution in [0, 0.1) is 0 Å². The van der Waals surface area contributed by atoms with Gasteiger partial charge in [-0.25, -0.2) is 0 Å². The maximum Gasteiger partial charge on any atom is 0.173 e. The van der Waals surface area contributed by atoms with E-state index in [9.17, 15) is 5.11 Å². The molecule has 0 saturated carbocycles. The first-order valence-corrected chi connectivity index (χ1v) is 11.5. The van der Waals surface area contributed by atoms with E-state index >= 15 is 0 Å². The van der Waals surface area contributed by atoms with Crippen molar-refractivity contribution in [3.8, 4) is 51.0 Å². The van der Waals surface area contributed by atoms with Gasteiger partial charge in [-0.1, -0.05) is 35.4 Å². The molecule has 0 spiro atoms. The normalized spacial score (nSPS) is 10.3. The average Bonchev–Trinajstić information content (AvgIpc) is 2.84. The number of phenolic OH excluding ortho intramolecular Hbond substituents is 1. The Morgan fingerprint density at radius 2 is 1.29 bits per heavy atom. The van der Waals surface area contributed by atoms with Crippen LogP contribution >= 0.6 is 0 Å². The van der Waals surface area contributed by atoms with E-state index in [0.29, 0.717) is 30.5 Å². The van der Waals surface area contributed by atoms with Crippen LogP contribution in [0.4, 0.5) is 0 Å². The van der Waals surface area contributed by atoms with E-state index in [2.05, 4.69) is 0 Å². The van der Waals surface area contributed by atoms with Crippen molar-refractivity contribution in [2.24, 2.45) is 0 Å². The summed E-state index contributed by atoms with van der Waals surface area (Å²) in [6.45, 7) is 9.06. The van der Waals surface area contributed by atoms with E-state index < -0.39 is 0 Å². The predicted octanol–water partition coefficient (Wildman–Crippen LogP) is 7.43. The lowest BCUT2D eigenvalue weighted by Gasteiger charge is -2.21. The molecular weight excluding hydrogens is 440 g/mol. The number of aromatic hydroxyl groups is 1. The molecular formula is C30H34O5. The summed E-state index contributed by atoms with van der Waals surface area (Å²) in [6.07, 6.45) is 4.05. The van der Waals surface area contributed by atoms with Gasteiger partial charge in [-0.05, 0) is 81.3 Å². The lowest BCUT2D eigenvalue weighted by atomic mass is 9.96. The minimum absolute atomic E-state index is 0.190. The standard InChI is InChI=1S/C30H34O5/c1-20(2)15-17-34-25-13-9-22(10-14-25)26-19-27(32-5)28(23-7-11-24(31)12-8-23)30(29(26)33-6)35-18-16-21(3)4/h7-16,19,31H,17-18H2,1-6H3. The summed E-state index contributed by atoms with van der Waals surface area (Å²) >= 11 is 0. The second-order valence-electron chi connectivity index (χ2n) is 8.62. The third-order valence-electron chi connectivity index (χ3n) is 5.41. The smallest absolute Gasteiger partial charge is 0.173 e. The van der Waals surface area contributed by atoms with E-state index in [1.807, 2.05) is 82.3 Å². The van der Waals surface area contributed by atoms with Gasteiger partial charge in [0.1, 0.15) is 30.5 Å². The second kappa shape index (κ2) is 12.0. The molecule has 3 aromatic carbocycles. The molecule has 0 aliphatic carbocycles. The van der Waals surface area contributed by atoms with Gasteiger partial charge < -0.3 is 24.1 Å². The molecule has 184 valence electrons. The third-order valence-corrected chi connectivity index (χ3v) is 5.41. The Bertz CT molecular complexity index is 1180. The number of allylic oxidation sites excluding steroid dienone is 2. The number of ether oxygens (including phenoxy) is 4. The summed E-state index contributed by atoms with van der Waals surface area (Å²) in [6, 6.07) is 16.8. The van der Waals surface area contributed by atoms with Crippen LogP contribution in [-0.2, 0) is 0 Å². The first kappa shape index (κ1) is 25.8. The summed E-state index contributed by atoms with van der Waals surface area (Å²) in [5.74, 6) is 2.80. The Morgan fingerprint density at radius 1 is 0.714 bits per heavy atom. The molecule has 0 unspecified atom stereocenters. The minimum atomic E-state index is 0.190. The zero-order valence-corrected chi connectivity index (χ0v) is 21.3. The van der Waals surface area contributed by atoms with Crippen molar-refractivity contribution in [1.29, 1.82) is 0 Å². The number of hydrogen-bond acceptors (Lipinski definition) is 5. The van der Waals surface area contributed by atoms with Crippen molar-refractivity contribution in [3.05, 3.63) is 77.9 Å². The molecule has 0 fully saturated rings. The molecule has 0 aliphatic rings. The quantitative estimate of drug-likeness (QED) is 0.310.